The maximum absolute atomic E-state index is 13.4. The number of hydrogen-bond acceptors (Lipinski definition) is 6. The summed E-state index contributed by atoms with van der Waals surface area (Å²) in [5, 5.41) is 8.60. The van der Waals surface area contributed by atoms with E-state index in [0.29, 0.717) is 29.9 Å². The topological polar surface area (TPSA) is 79.8 Å². The van der Waals surface area contributed by atoms with Crippen LogP contribution in [0.25, 0.3) is 22.1 Å². The molecule has 5 heterocycles. The van der Waals surface area contributed by atoms with Crippen LogP contribution in [0, 0.1) is 0 Å². The third-order valence-electron chi connectivity index (χ3n) is 6.91. The number of nitrogens with one attached hydrogen (secondary N) is 2. The van der Waals surface area contributed by atoms with Crippen molar-refractivity contribution < 1.29 is 9.28 Å². The van der Waals surface area contributed by atoms with Gasteiger partial charge in [-0.3, -0.25) is 9.78 Å². The number of thiophene rings is 1. The minimum absolute atomic E-state index is 0.0400. The van der Waals surface area contributed by atoms with Crippen LogP contribution in [-0.4, -0.2) is 64.1 Å². The van der Waals surface area contributed by atoms with Gasteiger partial charge in [0, 0.05) is 38.2 Å². The molecule has 2 aliphatic rings. The Kier molecular flexibility index (Phi) is 6.75. The van der Waals surface area contributed by atoms with E-state index >= 15 is 0 Å². The Bertz CT molecular complexity index is 1060. The molecule has 0 aliphatic carbocycles. The van der Waals surface area contributed by atoms with Gasteiger partial charge >= 0.3 is 0 Å². The molecule has 33 heavy (non-hydrogen) atoms. The monoisotopic (exact) mass is 463 g/mol. The van der Waals surface area contributed by atoms with E-state index in [4.69, 9.17) is 9.97 Å². The molecule has 3 aromatic rings. The van der Waals surface area contributed by atoms with E-state index in [1.165, 1.54) is 19.3 Å². The summed E-state index contributed by atoms with van der Waals surface area (Å²) in [6, 6.07) is 12.1. The molecule has 5 rings (SSSR count). The highest BCUT2D eigenvalue weighted by Crippen LogP contribution is 2.29. The average molecular weight is 464 g/mol. The molecule has 2 N–H and O–H groups in total. The van der Waals surface area contributed by atoms with Crippen LogP contribution in [0.15, 0.2) is 48.0 Å². The van der Waals surface area contributed by atoms with Crippen molar-refractivity contribution in [2.24, 2.45) is 0 Å². The number of anilines is 1. The third kappa shape index (κ3) is 5.13. The largest absolute Gasteiger partial charge is 0.316 e. The SMILES string of the molecule is O=C(C[N+]1(C2CCNCC2)CCCCC1)Nc1cc(-c2ccccn2)nc(-c2cccs2)n1. The number of aromatic nitrogens is 3. The number of carbonyl (C=O) groups is 1. The molecule has 2 fully saturated rings. The number of amides is 1. The molecule has 0 spiro atoms. The van der Waals surface area contributed by atoms with Crippen LogP contribution in [0.4, 0.5) is 5.82 Å². The van der Waals surface area contributed by atoms with E-state index in [9.17, 15) is 4.79 Å². The number of rotatable bonds is 6. The predicted molar refractivity (Wildman–Crippen MR) is 132 cm³/mol. The second-order valence-electron chi connectivity index (χ2n) is 9.07. The first kappa shape index (κ1) is 22.1. The van der Waals surface area contributed by atoms with Gasteiger partial charge in [-0.1, -0.05) is 12.1 Å². The maximum Gasteiger partial charge on any atom is 0.280 e. The maximum atomic E-state index is 13.4. The van der Waals surface area contributed by atoms with Crippen molar-refractivity contribution in [2.75, 3.05) is 38.0 Å². The summed E-state index contributed by atoms with van der Waals surface area (Å²) in [5.74, 6) is 1.20. The van der Waals surface area contributed by atoms with Crippen LogP contribution in [0.3, 0.4) is 0 Å². The van der Waals surface area contributed by atoms with Crippen molar-refractivity contribution >= 4 is 23.1 Å². The lowest BCUT2D eigenvalue weighted by molar-refractivity contribution is -0.949. The molecule has 172 valence electrons. The van der Waals surface area contributed by atoms with Crippen LogP contribution in [-0.2, 0) is 4.79 Å². The highest BCUT2D eigenvalue weighted by Gasteiger charge is 2.40. The average Bonchev–Trinajstić information content (AvgIpc) is 3.41. The van der Waals surface area contributed by atoms with Gasteiger partial charge in [-0.05, 0) is 42.8 Å². The third-order valence-corrected chi connectivity index (χ3v) is 7.78. The van der Waals surface area contributed by atoms with E-state index in [2.05, 4.69) is 15.6 Å². The quantitative estimate of drug-likeness (QED) is 0.541. The fraction of sp³-hybridized carbons (Fsp3) is 0.440. The predicted octanol–water partition coefficient (Wildman–Crippen LogP) is 3.96. The highest BCUT2D eigenvalue weighted by atomic mass is 32.1. The van der Waals surface area contributed by atoms with Gasteiger partial charge in [-0.2, -0.15) is 0 Å². The molecule has 1 amide bonds. The minimum Gasteiger partial charge on any atom is -0.316 e. The van der Waals surface area contributed by atoms with Crippen molar-refractivity contribution in [3.8, 4) is 22.1 Å². The van der Waals surface area contributed by atoms with Crippen LogP contribution in [0.1, 0.15) is 32.1 Å². The molecule has 0 unspecified atom stereocenters. The molecule has 2 aliphatic heterocycles. The molecule has 0 atom stereocenters. The fourth-order valence-electron chi connectivity index (χ4n) is 5.29. The number of nitrogens with zero attached hydrogens (tertiary/aromatic N) is 4. The molecule has 7 nitrogen and oxygen atoms in total. The first-order valence-corrected chi connectivity index (χ1v) is 12.8. The second-order valence-corrected chi connectivity index (χ2v) is 10.0. The Labute approximate surface area is 198 Å². The lowest BCUT2D eigenvalue weighted by Gasteiger charge is -2.48. The standard InChI is InChI=1S/C25H30N6OS/c32-24(18-31(14-4-1-5-15-31)19-9-12-26-13-10-19)29-23-17-21(20-7-2-3-11-27-20)28-25(30-23)22-8-6-16-33-22/h2-3,6-8,11,16-17,19,26H,1,4-5,9-10,12-15,18H2/p+1. The van der Waals surface area contributed by atoms with Crippen molar-refractivity contribution in [3.63, 3.8) is 0 Å². The zero-order valence-electron chi connectivity index (χ0n) is 18.9. The molecule has 3 aromatic heterocycles. The van der Waals surface area contributed by atoms with E-state index in [1.54, 1.807) is 17.5 Å². The van der Waals surface area contributed by atoms with Crippen LogP contribution in [0.5, 0.6) is 0 Å². The van der Waals surface area contributed by atoms with E-state index < -0.39 is 0 Å². The molecule has 8 heteroatoms. The van der Waals surface area contributed by atoms with Gasteiger partial charge in [-0.15, -0.1) is 11.3 Å². The summed E-state index contributed by atoms with van der Waals surface area (Å²) in [7, 11) is 0. The minimum atomic E-state index is 0.0400. The van der Waals surface area contributed by atoms with Crippen molar-refractivity contribution in [1.29, 1.82) is 0 Å². The normalized spacial score (nSPS) is 18.7. The molecule has 0 saturated carbocycles. The zero-order valence-corrected chi connectivity index (χ0v) is 19.7. The Morgan fingerprint density at radius 1 is 1.06 bits per heavy atom. The summed E-state index contributed by atoms with van der Waals surface area (Å²) in [6.45, 7) is 4.82. The Morgan fingerprint density at radius 2 is 1.91 bits per heavy atom. The number of pyridine rings is 1. The molecule has 0 bridgehead atoms. The fourth-order valence-corrected chi connectivity index (χ4v) is 5.95. The van der Waals surface area contributed by atoms with E-state index in [-0.39, 0.29) is 5.91 Å². The number of carbonyl (C=O) groups excluding carboxylic acids is 1. The lowest BCUT2D eigenvalue weighted by Crippen LogP contribution is -2.63. The number of quaternary nitrogens is 1. The Balaban J connectivity index is 1.40. The number of likely N-dealkylation sites (tertiary alicyclic amines) is 1. The van der Waals surface area contributed by atoms with Crippen molar-refractivity contribution in [3.05, 3.63) is 48.0 Å². The Morgan fingerprint density at radius 3 is 2.64 bits per heavy atom. The summed E-state index contributed by atoms with van der Waals surface area (Å²) >= 11 is 1.59. The van der Waals surface area contributed by atoms with Gasteiger partial charge < -0.3 is 15.1 Å². The van der Waals surface area contributed by atoms with E-state index in [0.717, 1.165) is 54.1 Å². The van der Waals surface area contributed by atoms with E-state index in [1.807, 2.05) is 41.8 Å². The van der Waals surface area contributed by atoms with Crippen molar-refractivity contribution in [1.82, 2.24) is 20.3 Å². The summed E-state index contributed by atoms with van der Waals surface area (Å²) in [6.07, 6.45) is 7.73. The first-order chi connectivity index (χ1) is 16.2. The number of piperidine rings is 2. The molecular weight excluding hydrogens is 432 g/mol. The summed E-state index contributed by atoms with van der Waals surface area (Å²) < 4.78 is 0.920. The van der Waals surface area contributed by atoms with Crippen molar-refractivity contribution in [2.45, 2.75) is 38.1 Å². The highest BCUT2D eigenvalue weighted by molar-refractivity contribution is 7.13. The smallest absolute Gasteiger partial charge is 0.280 e. The molecule has 2 saturated heterocycles. The van der Waals surface area contributed by atoms with Gasteiger partial charge in [-0.25, -0.2) is 9.97 Å². The van der Waals surface area contributed by atoms with Gasteiger partial charge in [0.2, 0.25) is 0 Å². The Hall–Kier alpha value is -2.68. The molecule has 0 radical (unpaired) electrons. The van der Waals surface area contributed by atoms with Gasteiger partial charge in [0.05, 0.1) is 35.4 Å². The first-order valence-electron chi connectivity index (χ1n) is 11.9. The lowest BCUT2D eigenvalue weighted by atomic mass is 9.96. The van der Waals surface area contributed by atoms with Gasteiger partial charge in [0.1, 0.15) is 5.82 Å². The summed E-state index contributed by atoms with van der Waals surface area (Å²) in [4.78, 5) is 28.2. The second kappa shape index (κ2) is 10.1. The van der Waals surface area contributed by atoms with Gasteiger partial charge in [0.25, 0.3) is 5.91 Å². The molecular formula is C25H31N6OS+. The number of hydrogen-bond donors (Lipinski definition) is 2. The van der Waals surface area contributed by atoms with Gasteiger partial charge in [0.15, 0.2) is 12.4 Å². The summed E-state index contributed by atoms with van der Waals surface area (Å²) in [5.41, 5.74) is 1.48. The zero-order chi connectivity index (χ0) is 22.5. The van der Waals surface area contributed by atoms with Crippen LogP contribution >= 0.6 is 11.3 Å². The molecule has 0 aromatic carbocycles. The van der Waals surface area contributed by atoms with Crippen LogP contribution in [0.2, 0.25) is 0 Å². The van der Waals surface area contributed by atoms with Crippen LogP contribution < -0.4 is 10.6 Å².